The van der Waals surface area contributed by atoms with Crippen molar-refractivity contribution in [1.29, 1.82) is 0 Å². The van der Waals surface area contributed by atoms with E-state index in [1.54, 1.807) is 0 Å². The number of aromatic amines is 1. The van der Waals surface area contributed by atoms with Crippen molar-refractivity contribution in [2.45, 2.75) is 0 Å². The molecule has 0 atom stereocenters. The van der Waals surface area contributed by atoms with Crippen molar-refractivity contribution >= 4 is 11.5 Å². The number of hydrogen-bond acceptors (Lipinski definition) is 7. The number of carbonyl (C=O) groups is 1. The topological polar surface area (TPSA) is 133 Å². The van der Waals surface area contributed by atoms with Gasteiger partial charge in [-0.1, -0.05) is 0 Å². The SMILES string of the molecule is COC(=O)c1cncn1N.O=c1[nH]cnn2cncc12. The normalized spacial score (nSPS) is 9.85. The number of hydrogen-bond donors (Lipinski definition) is 2. The van der Waals surface area contributed by atoms with Crippen LogP contribution in [0.4, 0.5) is 0 Å². The fourth-order valence-electron chi connectivity index (χ4n) is 1.33. The molecule has 3 N–H and O–H groups in total. The summed E-state index contributed by atoms with van der Waals surface area (Å²) >= 11 is 0. The molecular weight excluding hydrogens is 266 g/mol. The van der Waals surface area contributed by atoms with Crippen molar-refractivity contribution in [2.24, 2.45) is 0 Å². The van der Waals surface area contributed by atoms with Crippen molar-refractivity contribution in [3.63, 3.8) is 0 Å². The second-order valence-electron chi connectivity index (χ2n) is 3.52. The first-order chi connectivity index (χ1) is 9.63. The van der Waals surface area contributed by atoms with Gasteiger partial charge in [-0.05, 0) is 0 Å². The van der Waals surface area contributed by atoms with Crippen LogP contribution in [0.2, 0.25) is 0 Å². The second kappa shape index (κ2) is 5.65. The van der Waals surface area contributed by atoms with E-state index < -0.39 is 5.97 Å². The van der Waals surface area contributed by atoms with Gasteiger partial charge >= 0.3 is 5.97 Å². The first-order valence-corrected chi connectivity index (χ1v) is 5.35. The van der Waals surface area contributed by atoms with Gasteiger partial charge in [-0.25, -0.2) is 24.0 Å². The highest BCUT2D eigenvalue weighted by atomic mass is 16.5. The van der Waals surface area contributed by atoms with E-state index in [0.29, 0.717) is 5.52 Å². The average Bonchev–Trinajstić information content (AvgIpc) is 3.08. The fourth-order valence-corrected chi connectivity index (χ4v) is 1.33. The number of nitrogens with two attached hydrogens (primary N) is 1. The number of nitrogens with one attached hydrogen (secondary N) is 1. The molecule has 0 spiro atoms. The average molecular weight is 277 g/mol. The van der Waals surface area contributed by atoms with Crippen LogP contribution < -0.4 is 11.4 Å². The fraction of sp³-hybridized carbons (Fsp3) is 0.100. The number of aromatic nitrogens is 6. The Morgan fingerprint density at radius 1 is 1.35 bits per heavy atom. The van der Waals surface area contributed by atoms with E-state index >= 15 is 0 Å². The smallest absolute Gasteiger partial charge is 0.358 e. The lowest BCUT2D eigenvalue weighted by molar-refractivity contribution is 0.0591. The van der Waals surface area contributed by atoms with E-state index in [9.17, 15) is 9.59 Å². The van der Waals surface area contributed by atoms with Gasteiger partial charge in [0, 0.05) is 0 Å². The van der Waals surface area contributed by atoms with Crippen molar-refractivity contribution in [3.05, 3.63) is 47.4 Å². The molecule has 3 rings (SSSR count). The Morgan fingerprint density at radius 3 is 2.70 bits per heavy atom. The molecule has 3 aromatic rings. The summed E-state index contributed by atoms with van der Waals surface area (Å²) in [6.07, 6.45) is 6.94. The van der Waals surface area contributed by atoms with Crippen LogP contribution in [0.15, 0.2) is 36.2 Å². The van der Waals surface area contributed by atoms with Gasteiger partial charge in [-0.2, -0.15) is 5.10 Å². The molecule has 10 nitrogen and oxygen atoms in total. The number of esters is 1. The van der Waals surface area contributed by atoms with Gasteiger partial charge in [0.1, 0.15) is 24.5 Å². The summed E-state index contributed by atoms with van der Waals surface area (Å²) in [5.41, 5.74) is 0.525. The van der Waals surface area contributed by atoms with Crippen LogP contribution in [0.5, 0.6) is 0 Å². The molecule has 0 bridgehead atoms. The molecule has 0 amide bonds. The van der Waals surface area contributed by atoms with Crippen molar-refractivity contribution in [2.75, 3.05) is 13.0 Å². The van der Waals surface area contributed by atoms with E-state index in [4.69, 9.17) is 5.84 Å². The third-order valence-corrected chi connectivity index (χ3v) is 2.29. The van der Waals surface area contributed by atoms with Crippen molar-refractivity contribution in [1.82, 2.24) is 29.2 Å². The standard InChI is InChI=1S/C5H4N4O.C5H7N3O2/c10-5-4-1-6-3-9(4)8-2-7-5;1-10-5(9)4-2-7-3-8(4)6/h1-3H,(H,7,8,10);2-3H,6H2,1H3. The highest BCUT2D eigenvalue weighted by molar-refractivity contribution is 5.87. The van der Waals surface area contributed by atoms with Crippen LogP contribution in [0, 0.1) is 0 Å². The zero-order valence-corrected chi connectivity index (χ0v) is 10.4. The van der Waals surface area contributed by atoms with Crippen LogP contribution in [-0.4, -0.2) is 42.3 Å². The number of rotatable bonds is 1. The minimum atomic E-state index is -0.486. The molecule has 104 valence electrons. The lowest BCUT2D eigenvalue weighted by Gasteiger charge is -1.96. The molecule has 0 aromatic carbocycles. The Hall–Kier alpha value is -3.17. The van der Waals surface area contributed by atoms with Crippen molar-refractivity contribution < 1.29 is 9.53 Å². The van der Waals surface area contributed by atoms with Gasteiger partial charge in [0.15, 0.2) is 5.69 Å². The summed E-state index contributed by atoms with van der Waals surface area (Å²) in [6, 6.07) is 0. The Labute approximate surface area is 111 Å². The van der Waals surface area contributed by atoms with Gasteiger partial charge in [-0.15, -0.1) is 0 Å². The number of H-pyrrole nitrogens is 1. The van der Waals surface area contributed by atoms with Gasteiger partial charge in [0.25, 0.3) is 5.56 Å². The van der Waals surface area contributed by atoms with Crippen LogP contribution in [0.25, 0.3) is 5.52 Å². The van der Waals surface area contributed by atoms with E-state index in [-0.39, 0.29) is 11.3 Å². The lowest BCUT2D eigenvalue weighted by atomic mass is 10.5. The Bertz CT molecular complexity index is 772. The van der Waals surface area contributed by atoms with Gasteiger partial charge in [0.05, 0.1) is 19.5 Å². The van der Waals surface area contributed by atoms with Gasteiger partial charge < -0.3 is 15.6 Å². The number of methoxy groups -OCH3 is 1. The maximum absolute atomic E-state index is 10.9. The number of carbonyl (C=O) groups excluding carboxylic acids is 1. The molecule has 3 aromatic heterocycles. The Morgan fingerprint density at radius 2 is 2.10 bits per heavy atom. The minimum absolute atomic E-state index is 0.174. The molecule has 0 saturated heterocycles. The summed E-state index contributed by atoms with van der Waals surface area (Å²) in [6.45, 7) is 0. The molecular formula is C10H11N7O3. The summed E-state index contributed by atoms with van der Waals surface area (Å²) in [7, 11) is 1.29. The number of ether oxygens (including phenoxy) is 1. The zero-order valence-electron chi connectivity index (χ0n) is 10.4. The quantitative estimate of drug-likeness (QED) is 0.421. The molecule has 20 heavy (non-hydrogen) atoms. The molecule has 0 aliphatic heterocycles. The van der Waals surface area contributed by atoms with Crippen LogP contribution in [0.3, 0.4) is 0 Å². The number of nitrogens with zero attached hydrogens (tertiary/aromatic N) is 5. The number of imidazole rings is 2. The van der Waals surface area contributed by atoms with Crippen LogP contribution in [-0.2, 0) is 4.74 Å². The highest BCUT2D eigenvalue weighted by Gasteiger charge is 2.08. The largest absolute Gasteiger partial charge is 0.464 e. The molecule has 10 heteroatoms. The maximum atomic E-state index is 10.9. The third kappa shape index (κ3) is 2.63. The van der Waals surface area contributed by atoms with Crippen LogP contribution in [0.1, 0.15) is 10.5 Å². The zero-order chi connectivity index (χ0) is 14.5. The minimum Gasteiger partial charge on any atom is -0.464 e. The molecule has 0 saturated carbocycles. The number of nitrogen functional groups attached to an aromatic ring is 1. The first kappa shape index (κ1) is 13.3. The van der Waals surface area contributed by atoms with Crippen LogP contribution >= 0.6 is 0 Å². The molecule has 0 aliphatic carbocycles. The molecule has 0 radical (unpaired) electrons. The predicted octanol–water partition coefficient (Wildman–Crippen LogP) is -1.20. The number of fused-ring (bicyclic) bond motifs is 1. The molecule has 3 heterocycles. The molecule has 0 fully saturated rings. The first-order valence-electron chi connectivity index (χ1n) is 5.35. The summed E-state index contributed by atoms with van der Waals surface area (Å²) in [4.78, 5) is 31.4. The molecule has 0 aliphatic rings. The van der Waals surface area contributed by atoms with E-state index in [1.807, 2.05) is 0 Å². The Kier molecular flexibility index (Phi) is 3.75. The Balaban J connectivity index is 0.000000147. The third-order valence-electron chi connectivity index (χ3n) is 2.29. The second-order valence-corrected chi connectivity index (χ2v) is 3.52. The summed E-state index contributed by atoms with van der Waals surface area (Å²) < 4.78 is 6.91. The van der Waals surface area contributed by atoms with Gasteiger partial charge in [-0.3, -0.25) is 4.79 Å². The maximum Gasteiger partial charge on any atom is 0.358 e. The monoisotopic (exact) mass is 277 g/mol. The summed E-state index contributed by atoms with van der Waals surface area (Å²) in [5, 5.41) is 3.80. The van der Waals surface area contributed by atoms with Crippen molar-refractivity contribution in [3.8, 4) is 0 Å². The van der Waals surface area contributed by atoms with E-state index in [0.717, 1.165) is 4.68 Å². The highest BCUT2D eigenvalue weighted by Crippen LogP contribution is 1.95. The molecule has 0 unspecified atom stereocenters. The van der Waals surface area contributed by atoms with E-state index in [2.05, 4.69) is 24.8 Å². The summed E-state index contributed by atoms with van der Waals surface area (Å²) in [5.74, 6) is 4.78. The van der Waals surface area contributed by atoms with E-state index in [1.165, 1.54) is 43.0 Å². The predicted molar refractivity (Wildman–Crippen MR) is 67.3 cm³/mol. The van der Waals surface area contributed by atoms with Gasteiger partial charge in [0.2, 0.25) is 0 Å². The lowest BCUT2D eigenvalue weighted by Crippen LogP contribution is -2.15.